The summed E-state index contributed by atoms with van der Waals surface area (Å²) in [6, 6.07) is 6.28. The smallest absolute Gasteiger partial charge is 0.124 e. The first kappa shape index (κ1) is 15.4. The van der Waals surface area contributed by atoms with Crippen LogP contribution in [-0.4, -0.2) is 9.55 Å². The van der Waals surface area contributed by atoms with E-state index in [9.17, 15) is 0 Å². The lowest BCUT2D eigenvalue weighted by molar-refractivity contribution is 0.248. The molecule has 114 valence electrons. The van der Waals surface area contributed by atoms with Crippen molar-refractivity contribution >= 4 is 38.6 Å². The predicted molar refractivity (Wildman–Crippen MR) is 92.7 cm³/mol. The molecule has 3 rings (SSSR count). The zero-order valence-electron chi connectivity index (χ0n) is 12.5. The molecule has 21 heavy (non-hydrogen) atoms. The summed E-state index contributed by atoms with van der Waals surface area (Å²) in [4.78, 5) is 4.68. The first-order valence-electron chi connectivity index (χ1n) is 7.92. The average molecular weight is 370 g/mol. The lowest BCUT2D eigenvalue weighted by atomic mass is 9.81. The van der Waals surface area contributed by atoms with Crippen molar-refractivity contribution in [3.63, 3.8) is 0 Å². The molecule has 0 N–H and O–H groups in total. The van der Waals surface area contributed by atoms with Crippen LogP contribution in [0.4, 0.5) is 0 Å². The number of benzene rings is 1. The fraction of sp³-hybridized carbons (Fsp3) is 0.588. The highest BCUT2D eigenvalue weighted by Crippen LogP contribution is 2.33. The molecule has 0 atom stereocenters. The van der Waals surface area contributed by atoms with Crippen LogP contribution < -0.4 is 0 Å². The molecule has 1 heterocycles. The van der Waals surface area contributed by atoms with E-state index < -0.39 is 0 Å². The fourth-order valence-electron chi connectivity index (χ4n) is 3.53. The number of alkyl halides is 1. The number of hydrogen-bond acceptors (Lipinski definition) is 1. The van der Waals surface area contributed by atoms with E-state index in [2.05, 4.69) is 44.5 Å². The van der Waals surface area contributed by atoms with Crippen LogP contribution in [0.1, 0.15) is 44.9 Å². The number of halogens is 2. The molecule has 4 heteroatoms. The van der Waals surface area contributed by atoms with Gasteiger partial charge in [-0.2, -0.15) is 0 Å². The summed E-state index contributed by atoms with van der Waals surface area (Å²) < 4.78 is 3.44. The Morgan fingerprint density at radius 2 is 1.95 bits per heavy atom. The lowest BCUT2D eigenvalue weighted by Crippen LogP contribution is -2.19. The molecule has 0 spiro atoms. The van der Waals surface area contributed by atoms with Crippen molar-refractivity contribution in [1.82, 2.24) is 9.55 Å². The van der Waals surface area contributed by atoms with Gasteiger partial charge in [0, 0.05) is 11.0 Å². The van der Waals surface area contributed by atoms with Gasteiger partial charge in [0.15, 0.2) is 0 Å². The van der Waals surface area contributed by atoms with Crippen molar-refractivity contribution in [1.29, 1.82) is 0 Å². The van der Waals surface area contributed by atoms with Gasteiger partial charge in [-0.15, -0.1) is 11.6 Å². The van der Waals surface area contributed by atoms with Gasteiger partial charge in [0.1, 0.15) is 5.82 Å². The number of imidazole rings is 1. The maximum atomic E-state index is 6.11. The number of hydrogen-bond donors (Lipinski definition) is 0. The van der Waals surface area contributed by atoms with E-state index in [1.807, 2.05) is 6.07 Å². The second-order valence-corrected chi connectivity index (χ2v) is 7.38. The van der Waals surface area contributed by atoms with Crippen molar-refractivity contribution in [2.75, 3.05) is 0 Å². The van der Waals surface area contributed by atoms with Crippen molar-refractivity contribution in [3.05, 3.63) is 28.5 Å². The van der Waals surface area contributed by atoms with Crippen molar-refractivity contribution in [2.45, 2.75) is 51.5 Å². The van der Waals surface area contributed by atoms with Gasteiger partial charge < -0.3 is 4.57 Å². The van der Waals surface area contributed by atoms with Crippen LogP contribution in [0.2, 0.25) is 0 Å². The van der Waals surface area contributed by atoms with Crippen LogP contribution in [0.3, 0.4) is 0 Å². The van der Waals surface area contributed by atoms with Gasteiger partial charge in [0.05, 0.1) is 16.9 Å². The summed E-state index contributed by atoms with van der Waals surface area (Å²) in [7, 11) is 0. The molecule has 0 unspecified atom stereocenters. The van der Waals surface area contributed by atoms with Crippen LogP contribution in [0.5, 0.6) is 0 Å². The van der Waals surface area contributed by atoms with Gasteiger partial charge >= 0.3 is 0 Å². The number of nitrogens with zero attached hydrogens (tertiary/aromatic N) is 2. The maximum absolute atomic E-state index is 6.11. The molecular weight excluding hydrogens is 348 g/mol. The summed E-state index contributed by atoms with van der Waals surface area (Å²) >= 11 is 9.68. The third-order valence-corrected chi connectivity index (χ3v) is 5.63. The van der Waals surface area contributed by atoms with Crippen LogP contribution in [0.25, 0.3) is 11.0 Å². The standard InChI is InChI=1S/C17H22BrClN2/c1-2-12-3-5-13(6-4-12)11-21-16-9-14(18)7-8-15(16)20-17(21)10-19/h7-9,12-13H,2-6,10-11H2,1H3. The van der Waals surface area contributed by atoms with Crippen molar-refractivity contribution in [2.24, 2.45) is 11.8 Å². The monoisotopic (exact) mass is 368 g/mol. The Balaban J connectivity index is 1.84. The lowest BCUT2D eigenvalue weighted by Gasteiger charge is -2.28. The van der Waals surface area contributed by atoms with Gasteiger partial charge in [-0.1, -0.05) is 42.1 Å². The zero-order valence-corrected chi connectivity index (χ0v) is 14.8. The molecule has 1 aliphatic rings. The quantitative estimate of drug-likeness (QED) is 0.627. The molecule has 2 nitrogen and oxygen atoms in total. The van der Waals surface area contributed by atoms with E-state index in [1.54, 1.807) is 0 Å². The van der Waals surface area contributed by atoms with Crippen LogP contribution in [-0.2, 0) is 12.4 Å². The number of rotatable bonds is 4. The van der Waals surface area contributed by atoms with Gasteiger partial charge in [0.2, 0.25) is 0 Å². The molecule has 1 fully saturated rings. The second kappa shape index (κ2) is 6.70. The second-order valence-electron chi connectivity index (χ2n) is 6.20. The molecule has 0 aliphatic heterocycles. The normalized spacial score (nSPS) is 22.8. The van der Waals surface area contributed by atoms with E-state index in [0.29, 0.717) is 5.88 Å². The Hall–Kier alpha value is -0.540. The topological polar surface area (TPSA) is 17.8 Å². The molecule has 0 saturated heterocycles. The molecule has 0 bridgehead atoms. The van der Waals surface area contributed by atoms with E-state index >= 15 is 0 Å². The van der Waals surface area contributed by atoms with Crippen LogP contribution in [0, 0.1) is 11.8 Å². The zero-order chi connectivity index (χ0) is 14.8. The first-order valence-corrected chi connectivity index (χ1v) is 9.24. The molecular formula is C17H22BrClN2. The Bertz CT molecular complexity index is 615. The van der Waals surface area contributed by atoms with E-state index in [0.717, 1.165) is 34.2 Å². The maximum Gasteiger partial charge on any atom is 0.124 e. The molecule has 1 aromatic heterocycles. The van der Waals surface area contributed by atoms with E-state index in [-0.39, 0.29) is 0 Å². The molecule has 0 radical (unpaired) electrons. The van der Waals surface area contributed by atoms with Crippen molar-refractivity contribution in [3.8, 4) is 0 Å². The Kier molecular flexibility index (Phi) is 4.90. The van der Waals surface area contributed by atoms with Gasteiger partial charge in [-0.05, 0) is 42.9 Å². The molecule has 1 aliphatic carbocycles. The Labute approximate surface area is 140 Å². The molecule has 0 amide bonds. The minimum atomic E-state index is 0.483. The van der Waals surface area contributed by atoms with Gasteiger partial charge in [-0.3, -0.25) is 0 Å². The summed E-state index contributed by atoms with van der Waals surface area (Å²) in [6.07, 6.45) is 6.78. The number of aromatic nitrogens is 2. The largest absolute Gasteiger partial charge is 0.327 e. The highest BCUT2D eigenvalue weighted by Gasteiger charge is 2.22. The van der Waals surface area contributed by atoms with Gasteiger partial charge in [-0.25, -0.2) is 4.98 Å². The minimum absolute atomic E-state index is 0.483. The van der Waals surface area contributed by atoms with Crippen molar-refractivity contribution < 1.29 is 0 Å². The highest BCUT2D eigenvalue weighted by atomic mass is 79.9. The Morgan fingerprint density at radius 1 is 1.24 bits per heavy atom. The summed E-state index contributed by atoms with van der Waals surface area (Å²) in [5.41, 5.74) is 2.26. The summed E-state index contributed by atoms with van der Waals surface area (Å²) in [5, 5.41) is 0. The third kappa shape index (κ3) is 3.29. The first-order chi connectivity index (χ1) is 10.2. The fourth-order valence-corrected chi connectivity index (χ4v) is 4.09. The summed E-state index contributed by atoms with van der Waals surface area (Å²) in [5.74, 6) is 3.20. The summed E-state index contributed by atoms with van der Waals surface area (Å²) in [6.45, 7) is 3.38. The van der Waals surface area contributed by atoms with Gasteiger partial charge in [0.25, 0.3) is 0 Å². The predicted octanol–water partition coefficient (Wildman–Crippen LogP) is 5.75. The van der Waals surface area contributed by atoms with Crippen LogP contribution >= 0.6 is 27.5 Å². The van der Waals surface area contributed by atoms with Crippen LogP contribution in [0.15, 0.2) is 22.7 Å². The highest BCUT2D eigenvalue weighted by molar-refractivity contribution is 9.10. The minimum Gasteiger partial charge on any atom is -0.327 e. The molecule has 2 aromatic rings. The van der Waals surface area contributed by atoms with E-state index in [1.165, 1.54) is 37.6 Å². The molecule has 1 aromatic carbocycles. The molecule has 1 saturated carbocycles. The SMILES string of the molecule is CCC1CCC(Cn2c(CCl)nc3ccc(Br)cc32)CC1. The average Bonchev–Trinajstić information content (AvgIpc) is 2.85. The Morgan fingerprint density at radius 3 is 2.62 bits per heavy atom. The number of fused-ring (bicyclic) bond motifs is 1. The third-order valence-electron chi connectivity index (χ3n) is 4.89. The van der Waals surface area contributed by atoms with E-state index in [4.69, 9.17) is 11.6 Å².